The summed E-state index contributed by atoms with van der Waals surface area (Å²) >= 11 is 3.42. The lowest BCUT2D eigenvalue weighted by molar-refractivity contribution is -0.0465. The first-order valence-electron chi connectivity index (χ1n) is 6.43. The summed E-state index contributed by atoms with van der Waals surface area (Å²) in [7, 11) is 0. The summed E-state index contributed by atoms with van der Waals surface area (Å²) in [4.78, 5) is 0. The van der Waals surface area contributed by atoms with Gasteiger partial charge in [-0.3, -0.25) is 0 Å². The van der Waals surface area contributed by atoms with Gasteiger partial charge in [0.2, 0.25) is 0 Å². The average Bonchev–Trinajstić information content (AvgIpc) is 2.77. The van der Waals surface area contributed by atoms with E-state index in [-0.39, 0.29) is 12.2 Å². The molecule has 1 fully saturated rings. The number of halogens is 1. The minimum atomic E-state index is -0.462. The lowest BCUT2D eigenvalue weighted by atomic mass is 9.95. The van der Waals surface area contributed by atoms with E-state index in [1.54, 1.807) is 0 Å². The van der Waals surface area contributed by atoms with E-state index in [9.17, 15) is 5.11 Å². The fraction of sp³-hybridized carbons (Fsp3) is 0.571. The van der Waals surface area contributed by atoms with Crippen LogP contribution in [0.1, 0.15) is 37.9 Å². The SMILES string of the molecule is CC1CCC(C2CC(O)c3cc(Br)ccc3O2)O1. The van der Waals surface area contributed by atoms with Gasteiger partial charge >= 0.3 is 0 Å². The summed E-state index contributed by atoms with van der Waals surface area (Å²) in [6.07, 6.45) is 2.64. The van der Waals surface area contributed by atoms with Crippen LogP contribution in [0.25, 0.3) is 0 Å². The van der Waals surface area contributed by atoms with Gasteiger partial charge in [-0.1, -0.05) is 15.9 Å². The highest BCUT2D eigenvalue weighted by Gasteiger charge is 2.36. The Kier molecular flexibility index (Phi) is 3.34. The van der Waals surface area contributed by atoms with Crippen molar-refractivity contribution < 1.29 is 14.6 Å². The summed E-state index contributed by atoms with van der Waals surface area (Å²) in [6, 6.07) is 5.77. The van der Waals surface area contributed by atoms with Crippen molar-refractivity contribution in [3.05, 3.63) is 28.2 Å². The van der Waals surface area contributed by atoms with Crippen molar-refractivity contribution in [2.45, 2.75) is 50.6 Å². The zero-order valence-electron chi connectivity index (χ0n) is 10.3. The molecule has 0 aliphatic carbocycles. The zero-order chi connectivity index (χ0) is 12.7. The van der Waals surface area contributed by atoms with Crippen LogP contribution >= 0.6 is 15.9 Å². The smallest absolute Gasteiger partial charge is 0.128 e. The maximum absolute atomic E-state index is 10.2. The number of aliphatic hydroxyl groups excluding tert-OH is 1. The minimum absolute atomic E-state index is 0.0291. The average molecular weight is 313 g/mol. The molecule has 3 rings (SSSR count). The van der Waals surface area contributed by atoms with E-state index < -0.39 is 6.10 Å². The molecule has 1 saturated heterocycles. The Labute approximate surface area is 115 Å². The maximum atomic E-state index is 10.2. The molecular formula is C14H17BrO3. The van der Waals surface area contributed by atoms with Gasteiger partial charge in [0.05, 0.1) is 18.3 Å². The molecule has 2 heterocycles. The Morgan fingerprint density at radius 1 is 1.28 bits per heavy atom. The van der Waals surface area contributed by atoms with Crippen LogP contribution in [0.4, 0.5) is 0 Å². The molecule has 0 amide bonds. The third-order valence-electron chi connectivity index (χ3n) is 3.74. The van der Waals surface area contributed by atoms with Crippen LogP contribution in [0.15, 0.2) is 22.7 Å². The van der Waals surface area contributed by atoms with E-state index in [0.717, 1.165) is 28.6 Å². The number of fused-ring (bicyclic) bond motifs is 1. The van der Waals surface area contributed by atoms with Gasteiger partial charge in [0.25, 0.3) is 0 Å². The van der Waals surface area contributed by atoms with Crippen LogP contribution in [-0.2, 0) is 4.74 Å². The highest BCUT2D eigenvalue weighted by molar-refractivity contribution is 9.10. The number of hydrogen-bond donors (Lipinski definition) is 1. The zero-order valence-corrected chi connectivity index (χ0v) is 11.9. The van der Waals surface area contributed by atoms with E-state index in [1.165, 1.54) is 0 Å². The van der Waals surface area contributed by atoms with Gasteiger partial charge in [-0.25, -0.2) is 0 Å². The Morgan fingerprint density at radius 3 is 2.83 bits per heavy atom. The molecule has 0 saturated carbocycles. The van der Waals surface area contributed by atoms with Crippen molar-refractivity contribution in [2.24, 2.45) is 0 Å². The van der Waals surface area contributed by atoms with Crippen LogP contribution < -0.4 is 4.74 Å². The summed E-state index contributed by atoms with van der Waals surface area (Å²) in [5.74, 6) is 0.783. The fourth-order valence-electron chi connectivity index (χ4n) is 2.78. The quantitative estimate of drug-likeness (QED) is 0.865. The van der Waals surface area contributed by atoms with Gasteiger partial charge in [0, 0.05) is 16.5 Å². The Balaban J connectivity index is 1.81. The van der Waals surface area contributed by atoms with Crippen LogP contribution in [0.2, 0.25) is 0 Å². The van der Waals surface area contributed by atoms with Crippen LogP contribution in [-0.4, -0.2) is 23.4 Å². The van der Waals surface area contributed by atoms with Crippen molar-refractivity contribution in [2.75, 3.05) is 0 Å². The first kappa shape index (κ1) is 12.5. The normalized spacial score (nSPS) is 35.1. The van der Waals surface area contributed by atoms with Crippen LogP contribution in [0.3, 0.4) is 0 Å². The monoisotopic (exact) mass is 312 g/mol. The summed E-state index contributed by atoms with van der Waals surface area (Å²) in [5.41, 5.74) is 0.867. The fourth-order valence-corrected chi connectivity index (χ4v) is 3.16. The molecule has 2 aliphatic rings. The first-order valence-corrected chi connectivity index (χ1v) is 7.22. The van der Waals surface area contributed by atoms with Crippen molar-refractivity contribution in [1.29, 1.82) is 0 Å². The number of benzene rings is 1. The molecule has 4 atom stereocenters. The van der Waals surface area contributed by atoms with E-state index in [4.69, 9.17) is 9.47 Å². The third-order valence-corrected chi connectivity index (χ3v) is 4.24. The standard InChI is InChI=1S/C14H17BrO3/c1-8-2-4-13(17-8)14-7-11(16)10-6-9(15)3-5-12(10)18-14/h3,5-6,8,11,13-14,16H,2,4,7H2,1H3. The van der Waals surface area contributed by atoms with Crippen molar-refractivity contribution >= 4 is 15.9 Å². The largest absolute Gasteiger partial charge is 0.487 e. The van der Waals surface area contributed by atoms with Crippen molar-refractivity contribution in [3.8, 4) is 5.75 Å². The van der Waals surface area contributed by atoms with E-state index in [1.807, 2.05) is 18.2 Å². The molecule has 1 N–H and O–H groups in total. The van der Waals surface area contributed by atoms with Gasteiger partial charge in [-0.15, -0.1) is 0 Å². The summed E-state index contributed by atoms with van der Waals surface area (Å²) in [5, 5.41) is 10.2. The second-order valence-electron chi connectivity index (χ2n) is 5.15. The Morgan fingerprint density at radius 2 is 2.11 bits per heavy atom. The predicted molar refractivity (Wildman–Crippen MR) is 71.7 cm³/mol. The molecule has 3 nitrogen and oxygen atoms in total. The molecule has 0 bridgehead atoms. The second-order valence-corrected chi connectivity index (χ2v) is 6.07. The topological polar surface area (TPSA) is 38.7 Å². The predicted octanol–water partition coefficient (Wildman–Crippen LogP) is 3.20. The van der Waals surface area contributed by atoms with Gasteiger partial charge in [-0.05, 0) is 38.0 Å². The van der Waals surface area contributed by atoms with Crippen LogP contribution in [0.5, 0.6) is 5.75 Å². The Hall–Kier alpha value is -0.580. The first-order chi connectivity index (χ1) is 8.63. The second kappa shape index (κ2) is 4.83. The number of hydrogen-bond acceptors (Lipinski definition) is 3. The van der Waals surface area contributed by atoms with E-state index in [2.05, 4.69) is 22.9 Å². The van der Waals surface area contributed by atoms with Gasteiger partial charge in [0.15, 0.2) is 0 Å². The molecule has 98 valence electrons. The lowest BCUT2D eigenvalue weighted by Crippen LogP contribution is -2.36. The van der Waals surface area contributed by atoms with Gasteiger partial charge < -0.3 is 14.6 Å². The molecule has 0 aromatic heterocycles. The van der Waals surface area contributed by atoms with Gasteiger partial charge in [-0.2, -0.15) is 0 Å². The van der Waals surface area contributed by atoms with E-state index >= 15 is 0 Å². The number of rotatable bonds is 1. The lowest BCUT2D eigenvalue weighted by Gasteiger charge is -2.33. The molecule has 1 aromatic carbocycles. The van der Waals surface area contributed by atoms with Crippen LogP contribution in [0, 0.1) is 0 Å². The number of aliphatic hydroxyl groups is 1. The molecule has 0 radical (unpaired) electrons. The van der Waals surface area contributed by atoms with Gasteiger partial charge in [0.1, 0.15) is 11.9 Å². The number of ether oxygens (including phenoxy) is 2. The maximum Gasteiger partial charge on any atom is 0.128 e. The van der Waals surface area contributed by atoms with E-state index in [0.29, 0.717) is 12.5 Å². The molecule has 4 heteroatoms. The minimum Gasteiger partial charge on any atom is -0.487 e. The molecular weight excluding hydrogens is 296 g/mol. The summed E-state index contributed by atoms with van der Waals surface area (Å²) in [6.45, 7) is 2.09. The highest BCUT2D eigenvalue weighted by Crippen LogP contribution is 2.39. The molecule has 1 aromatic rings. The third kappa shape index (κ3) is 2.29. The Bertz CT molecular complexity index is 449. The van der Waals surface area contributed by atoms with Crippen molar-refractivity contribution in [1.82, 2.24) is 0 Å². The molecule has 2 aliphatic heterocycles. The summed E-state index contributed by atoms with van der Waals surface area (Å²) < 4.78 is 12.8. The molecule has 18 heavy (non-hydrogen) atoms. The van der Waals surface area contributed by atoms with Crippen molar-refractivity contribution in [3.63, 3.8) is 0 Å². The molecule has 0 spiro atoms. The molecule has 4 unspecified atom stereocenters. The highest BCUT2D eigenvalue weighted by atomic mass is 79.9.